The molecule has 0 saturated heterocycles. The maximum Gasteiger partial charge on any atom is 0.0326 e. The topological polar surface area (TPSA) is 12.0 Å². The molecule has 0 aliphatic heterocycles. The second-order valence-corrected chi connectivity index (χ2v) is 6.46. The van der Waals surface area contributed by atoms with Crippen molar-refractivity contribution in [1.82, 2.24) is 5.32 Å². The van der Waals surface area contributed by atoms with E-state index in [4.69, 9.17) is 0 Å². The molecule has 2 aromatic carbocycles. The zero-order chi connectivity index (χ0) is 13.9. The molecule has 2 aromatic rings. The quantitative estimate of drug-likeness (QED) is 0.842. The molecule has 2 heteroatoms. The van der Waals surface area contributed by atoms with Crippen molar-refractivity contribution in [2.75, 3.05) is 0 Å². The Balaban J connectivity index is 1.71. The van der Waals surface area contributed by atoms with E-state index in [1.165, 1.54) is 46.0 Å². The average Bonchev–Trinajstić information content (AvgIpc) is 2.48. The Morgan fingerprint density at radius 3 is 2.90 bits per heavy atom. The summed E-state index contributed by atoms with van der Waals surface area (Å²) in [6, 6.07) is 15.9. The Hall–Kier alpha value is -1.12. The highest BCUT2D eigenvalue weighted by Gasteiger charge is 2.18. The van der Waals surface area contributed by atoms with Gasteiger partial charge in [0.2, 0.25) is 0 Å². The first kappa shape index (κ1) is 13.8. The van der Waals surface area contributed by atoms with Gasteiger partial charge in [-0.25, -0.2) is 0 Å². The van der Waals surface area contributed by atoms with Crippen molar-refractivity contribution < 1.29 is 0 Å². The second kappa shape index (κ2) is 6.11. The molecule has 0 heterocycles. The van der Waals surface area contributed by atoms with Gasteiger partial charge in [-0.15, -0.1) is 0 Å². The van der Waals surface area contributed by atoms with E-state index in [1.54, 1.807) is 0 Å². The molecule has 0 fully saturated rings. The van der Waals surface area contributed by atoms with Gasteiger partial charge in [0.1, 0.15) is 0 Å². The van der Waals surface area contributed by atoms with Crippen LogP contribution in [0.4, 0.5) is 0 Å². The maximum absolute atomic E-state index is 3.73. The molecule has 0 radical (unpaired) electrons. The molecule has 1 nitrogen and oxygen atoms in total. The molecule has 0 amide bonds. The minimum absolute atomic E-state index is 0.504. The van der Waals surface area contributed by atoms with Gasteiger partial charge in [-0.05, 0) is 54.5 Å². The van der Waals surface area contributed by atoms with Gasteiger partial charge in [-0.3, -0.25) is 0 Å². The lowest BCUT2D eigenvalue weighted by atomic mass is 9.87. The van der Waals surface area contributed by atoms with Crippen molar-refractivity contribution in [3.8, 4) is 0 Å². The molecule has 104 valence electrons. The van der Waals surface area contributed by atoms with Crippen molar-refractivity contribution in [1.29, 1.82) is 0 Å². The van der Waals surface area contributed by atoms with Crippen LogP contribution in [0.2, 0.25) is 0 Å². The Morgan fingerprint density at radius 1 is 1.20 bits per heavy atom. The molecular formula is C18H20BrN. The summed E-state index contributed by atoms with van der Waals surface area (Å²) in [6.45, 7) is 3.08. The Morgan fingerprint density at radius 2 is 2.05 bits per heavy atom. The van der Waals surface area contributed by atoms with Crippen molar-refractivity contribution >= 4 is 15.9 Å². The van der Waals surface area contributed by atoms with E-state index in [9.17, 15) is 0 Å². The predicted molar refractivity (Wildman–Crippen MR) is 87.8 cm³/mol. The molecule has 0 spiro atoms. The van der Waals surface area contributed by atoms with Crippen molar-refractivity contribution in [3.63, 3.8) is 0 Å². The van der Waals surface area contributed by atoms with Crippen molar-refractivity contribution in [2.45, 2.75) is 38.8 Å². The molecule has 1 aliphatic rings. The zero-order valence-electron chi connectivity index (χ0n) is 11.8. The highest BCUT2D eigenvalue weighted by atomic mass is 79.9. The fraction of sp³-hybridized carbons (Fsp3) is 0.333. The molecule has 1 N–H and O–H groups in total. The maximum atomic E-state index is 3.73. The van der Waals surface area contributed by atoms with Gasteiger partial charge in [0, 0.05) is 17.1 Å². The molecule has 0 saturated carbocycles. The summed E-state index contributed by atoms with van der Waals surface area (Å²) in [6.07, 6.45) is 3.76. The molecule has 1 unspecified atom stereocenters. The van der Waals surface area contributed by atoms with Crippen LogP contribution >= 0.6 is 15.9 Å². The number of rotatable bonds is 3. The van der Waals surface area contributed by atoms with Gasteiger partial charge in [-0.2, -0.15) is 0 Å². The standard InChI is InChI=1S/C18H20BrN/c1-13-11-14(9-10-17(13)19)12-20-18-8-4-6-15-5-2-3-7-16(15)18/h2-3,5,7,9-11,18,20H,4,6,8,12H2,1H3. The third-order valence-corrected chi connectivity index (χ3v) is 5.03. The second-order valence-electron chi connectivity index (χ2n) is 5.61. The van der Waals surface area contributed by atoms with Crippen LogP contribution in [0.25, 0.3) is 0 Å². The van der Waals surface area contributed by atoms with Crippen LogP contribution in [0.15, 0.2) is 46.9 Å². The monoisotopic (exact) mass is 329 g/mol. The molecule has 20 heavy (non-hydrogen) atoms. The first-order valence-corrected chi connectivity index (χ1v) is 8.09. The Kier molecular flexibility index (Phi) is 4.23. The van der Waals surface area contributed by atoms with Gasteiger partial charge in [0.25, 0.3) is 0 Å². The van der Waals surface area contributed by atoms with E-state index in [0.717, 1.165) is 6.54 Å². The summed E-state index contributed by atoms with van der Waals surface area (Å²) >= 11 is 3.56. The van der Waals surface area contributed by atoms with E-state index >= 15 is 0 Å². The number of halogens is 1. The van der Waals surface area contributed by atoms with Crippen LogP contribution in [-0.2, 0) is 13.0 Å². The van der Waals surface area contributed by atoms with Crippen LogP contribution in [-0.4, -0.2) is 0 Å². The fourth-order valence-corrected chi connectivity index (χ4v) is 3.27. The SMILES string of the molecule is Cc1cc(CNC2CCCc3ccccc32)ccc1Br. The summed E-state index contributed by atoms with van der Waals surface area (Å²) in [5.41, 5.74) is 5.66. The Labute approximate surface area is 129 Å². The molecule has 0 bridgehead atoms. The minimum Gasteiger partial charge on any atom is -0.306 e. The highest BCUT2D eigenvalue weighted by Crippen LogP contribution is 2.29. The van der Waals surface area contributed by atoms with Crippen LogP contribution in [0.5, 0.6) is 0 Å². The summed E-state index contributed by atoms with van der Waals surface area (Å²) in [4.78, 5) is 0. The van der Waals surface area contributed by atoms with E-state index in [2.05, 4.69) is 70.6 Å². The molecule has 1 atom stereocenters. The number of hydrogen-bond acceptors (Lipinski definition) is 1. The van der Waals surface area contributed by atoms with E-state index < -0.39 is 0 Å². The summed E-state index contributed by atoms with van der Waals surface area (Å²) in [5.74, 6) is 0. The highest BCUT2D eigenvalue weighted by molar-refractivity contribution is 9.10. The Bertz CT molecular complexity index is 606. The fourth-order valence-electron chi connectivity index (χ4n) is 3.02. The summed E-state index contributed by atoms with van der Waals surface area (Å²) < 4.78 is 1.18. The number of aryl methyl sites for hydroxylation is 2. The van der Waals surface area contributed by atoms with Gasteiger partial charge in [0.15, 0.2) is 0 Å². The average molecular weight is 330 g/mol. The van der Waals surface area contributed by atoms with E-state index in [0.29, 0.717) is 6.04 Å². The van der Waals surface area contributed by atoms with Crippen LogP contribution in [0, 0.1) is 6.92 Å². The number of nitrogens with one attached hydrogen (secondary N) is 1. The van der Waals surface area contributed by atoms with Gasteiger partial charge < -0.3 is 5.32 Å². The normalized spacial score (nSPS) is 17.8. The lowest BCUT2D eigenvalue weighted by molar-refractivity contribution is 0.459. The summed E-state index contributed by atoms with van der Waals surface area (Å²) in [7, 11) is 0. The third-order valence-electron chi connectivity index (χ3n) is 4.14. The van der Waals surface area contributed by atoms with Gasteiger partial charge in [0.05, 0.1) is 0 Å². The lowest BCUT2D eigenvalue weighted by Crippen LogP contribution is -2.24. The molecule has 1 aliphatic carbocycles. The minimum atomic E-state index is 0.504. The number of hydrogen-bond donors (Lipinski definition) is 1. The smallest absolute Gasteiger partial charge is 0.0326 e. The first-order chi connectivity index (χ1) is 9.74. The predicted octanol–water partition coefficient (Wildman–Crippen LogP) is 4.92. The van der Waals surface area contributed by atoms with E-state index in [-0.39, 0.29) is 0 Å². The van der Waals surface area contributed by atoms with Crippen molar-refractivity contribution in [3.05, 3.63) is 69.2 Å². The lowest BCUT2D eigenvalue weighted by Gasteiger charge is -2.26. The molecule has 3 rings (SSSR count). The van der Waals surface area contributed by atoms with Crippen LogP contribution in [0.3, 0.4) is 0 Å². The molecule has 0 aromatic heterocycles. The third kappa shape index (κ3) is 2.97. The van der Waals surface area contributed by atoms with Crippen LogP contribution in [0.1, 0.15) is 41.1 Å². The van der Waals surface area contributed by atoms with Gasteiger partial charge >= 0.3 is 0 Å². The molecular weight excluding hydrogens is 310 g/mol. The largest absolute Gasteiger partial charge is 0.306 e. The van der Waals surface area contributed by atoms with Gasteiger partial charge in [-0.1, -0.05) is 52.3 Å². The summed E-state index contributed by atoms with van der Waals surface area (Å²) in [5, 5.41) is 3.73. The first-order valence-electron chi connectivity index (χ1n) is 7.30. The van der Waals surface area contributed by atoms with E-state index in [1.807, 2.05) is 0 Å². The van der Waals surface area contributed by atoms with Crippen LogP contribution < -0.4 is 5.32 Å². The zero-order valence-corrected chi connectivity index (χ0v) is 13.4. The number of fused-ring (bicyclic) bond motifs is 1. The number of benzene rings is 2. The van der Waals surface area contributed by atoms with Crippen molar-refractivity contribution in [2.24, 2.45) is 0 Å².